The van der Waals surface area contributed by atoms with Gasteiger partial charge in [-0.25, -0.2) is 10.2 Å². The van der Waals surface area contributed by atoms with Gasteiger partial charge in [0.1, 0.15) is 0 Å². The number of halogens is 1. The second-order valence-corrected chi connectivity index (χ2v) is 5.33. The van der Waals surface area contributed by atoms with Crippen molar-refractivity contribution >= 4 is 34.8 Å². The van der Waals surface area contributed by atoms with Crippen molar-refractivity contribution in [2.45, 2.75) is 26.9 Å². The molecule has 1 aromatic rings. The Morgan fingerprint density at radius 1 is 1.55 bits per heavy atom. The number of nitrogens with one attached hydrogen (secondary N) is 1. The summed E-state index contributed by atoms with van der Waals surface area (Å²) >= 11 is 2.17. The Morgan fingerprint density at radius 2 is 2.25 bits per heavy atom. The van der Waals surface area contributed by atoms with Gasteiger partial charge in [-0.3, -0.25) is 0 Å². The number of rotatable bonds is 6. The Hall–Kier alpha value is -1.51. The molecule has 0 saturated carbocycles. The number of carbonyl (C=O) groups excluding carboxylic acids is 1. The summed E-state index contributed by atoms with van der Waals surface area (Å²) < 4.78 is 12.2. The number of benzene rings is 1. The summed E-state index contributed by atoms with van der Waals surface area (Å²) in [5.41, 5.74) is 7.86. The van der Waals surface area contributed by atoms with Crippen LogP contribution < -0.4 is 20.6 Å². The molecule has 0 heterocycles. The fraction of sp³-hybridized carbons (Fsp3) is 0.385. The Kier molecular flexibility index (Phi) is 6.56. The Balaban J connectivity index is 3.05. The molecule has 7 heteroatoms. The van der Waals surface area contributed by atoms with Gasteiger partial charge in [0, 0.05) is 0 Å². The molecule has 1 aromatic carbocycles. The van der Waals surface area contributed by atoms with Crippen LogP contribution in [0.15, 0.2) is 17.2 Å². The number of hydrazone groups is 1. The van der Waals surface area contributed by atoms with E-state index in [1.807, 2.05) is 26.8 Å². The summed E-state index contributed by atoms with van der Waals surface area (Å²) in [6.45, 7) is 6.35. The van der Waals surface area contributed by atoms with Crippen molar-refractivity contribution in [3.63, 3.8) is 0 Å². The second-order valence-electron chi connectivity index (χ2n) is 4.16. The van der Waals surface area contributed by atoms with Gasteiger partial charge in [-0.05, 0) is 61.1 Å². The quantitative estimate of drug-likeness (QED) is 0.444. The third-order valence-corrected chi connectivity index (χ3v) is 2.87. The first-order valence-corrected chi connectivity index (χ1v) is 7.23. The summed E-state index contributed by atoms with van der Waals surface area (Å²) in [5.74, 6) is 1.36. The van der Waals surface area contributed by atoms with Crippen molar-refractivity contribution in [3.8, 4) is 11.5 Å². The minimum absolute atomic E-state index is 0.0544. The van der Waals surface area contributed by atoms with E-state index >= 15 is 0 Å². The predicted molar refractivity (Wildman–Crippen MR) is 86.4 cm³/mol. The molecule has 0 spiro atoms. The third kappa shape index (κ3) is 5.24. The average Bonchev–Trinajstić information content (AvgIpc) is 2.33. The molecular formula is C13H18IN3O3. The SMILES string of the molecule is CCOc1cc(C=NNC(N)=O)cc(I)c1OC(C)C. The van der Waals surface area contributed by atoms with Crippen molar-refractivity contribution in [1.29, 1.82) is 0 Å². The first-order chi connectivity index (χ1) is 9.43. The van der Waals surface area contributed by atoms with E-state index in [0.29, 0.717) is 18.1 Å². The lowest BCUT2D eigenvalue weighted by Gasteiger charge is -2.16. The normalized spacial score (nSPS) is 10.8. The highest BCUT2D eigenvalue weighted by Gasteiger charge is 2.13. The zero-order valence-electron chi connectivity index (χ0n) is 11.6. The first kappa shape index (κ1) is 16.5. The van der Waals surface area contributed by atoms with E-state index in [0.717, 1.165) is 9.13 Å². The number of nitrogens with zero attached hydrogens (tertiary/aromatic N) is 1. The molecule has 0 saturated heterocycles. The largest absolute Gasteiger partial charge is 0.490 e. The summed E-state index contributed by atoms with van der Waals surface area (Å²) in [7, 11) is 0. The maximum Gasteiger partial charge on any atom is 0.332 e. The number of hydrogen-bond donors (Lipinski definition) is 2. The van der Waals surface area contributed by atoms with Gasteiger partial charge in [0.05, 0.1) is 22.5 Å². The van der Waals surface area contributed by atoms with Crippen LogP contribution in [0, 0.1) is 3.57 Å². The number of urea groups is 1. The van der Waals surface area contributed by atoms with E-state index in [2.05, 4.69) is 33.1 Å². The van der Waals surface area contributed by atoms with E-state index in [1.54, 1.807) is 6.07 Å². The molecule has 0 bridgehead atoms. The zero-order chi connectivity index (χ0) is 15.1. The van der Waals surface area contributed by atoms with Crippen LogP contribution in [0.2, 0.25) is 0 Å². The standard InChI is InChI=1S/C13H18IN3O3/c1-4-19-11-6-9(7-16-17-13(15)18)5-10(14)12(11)20-8(2)3/h5-8H,4H2,1-3H3,(H3,15,17,18). The average molecular weight is 391 g/mol. The van der Waals surface area contributed by atoms with Gasteiger partial charge >= 0.3 is 6.03 Å². The van der Waals surface area contributed by atoms with Gasteiger partial charge in [-0.15, -0.1) is 0 Å². The van der Waals surface area contributed by atoms with Gasteiger partial charge in [-0.1, -0.05) is 0 Å². The fourth-order valence-corrected chi connectivity index (χ4v) is 2.20. The molecule has 0 radical (unpaired) electrons. The molecule has 1 rings (SSSR count). The fourth-order valence-electron chi connectivity index (χ4n) is 1.45. The van der Waals surface area contributed by atoms with Crippen molar-refractivity contribution in [1.82, 2.24) is 5.43 Å². The van der Waals surface area contributed by atoms with Gasteiger partial charge in [0.2, 0.25) is 0 Å². The van der Waals surface area contributed by atoms with Crippen molar-refractivity contribution < 1.29 is 14.3 Å². The van der Waals surface area contributed by atoms with Crippen molar-refractivity contribution in [2.75, 3.05) is 6.61 Å². The highest BCUT2D eigenvalue weighted by atomic mass is 127. The molecule has 0 aliphatic carbocycles. The number of amides is 2. The van der Waals surface area contributed by atoms with Crippen LogP contribution in [0.5, 0.6) is 11.5 Å². The maximum atomic E-state index is 10.6. The lowest BCUT2D eigenvalue weighted by Crippen LogP contribution is -2.24. The van der Waals surface area contributed by atoms with E-state index in [1.165, 1.54) is 6.21 Å². The number of carbonyl (C=O) groups is 1. The molecule has 3 N–H and O–H groups in total. The van der Waals surface area contributed by atoms with Crippen LogP contribution in [0.25, 0.3) is 0 Å². The molecule has 0 atom stereocenters. The van der Waals surface area contributed by atoms with Crippen LogP contribution in [-0.4, -0.2) is 25.0 Å². The zero-order valence-corrected chi connectivity index (χ0v) is 13.8. The Labute approximate surface area is 131 Å². The Morgan fingerprint density at radius 3 is 2.80 bits per heavy atom. The van der Waals surface area contributed by atoms with Crippen LogP contribution in [0.4, 0.5) is 4.79 Å². The number of primary amides is 1. The molecular weight excluding hydrogens is 373 g/mol. The number of nitrogens with two attached hydrogens (primary N) is 1. The molecule has 0 aliphatic rings. The van der Waals surface area contributed by atoms with Gasteiger partial charge in [0.25, 0.3) is 0 Å². The molecule has 110 valence electrons. The molecule has 0 aliphatic heterocycles. The minimum atomic E-state index is -0.708. The highest BCUT2D eigenvalue weighted by molar-refractivity contribution is 14.1. The van der Waals surface area contributed by atoms with Gasteiger partial charge in [-0.2, -0.15) is 5.10 Å². The highest BCUT2D eigenvalue weighted by Crippen LogP contribution is 2.34. The lowest BCUT2D eigenvalue weighted by molar-refractivity contribution is 0.222. The summed E-state index contributed by atoms with van der Waals surface area (Å²) in [5, 5.41) is 3.72. The summed E-state index contributed by atoms with van der Waals surface area (Å²) in [4.78, 5) is 10.6. The molecule has 2 amide bonds. The second kappa shape index (κ2) is 7.93. The summed E-state index contributed by atoms with van der Waals surface area (Å²) in [6.07, 6.45) is 1.55. The topological polar surface area (TPSA) is 85.9 Å². The molecule has 20 heavy (non-hydrogen) atoms. The minimum Gasteiger partial charge on any atom is -0.490 e. The van der Waals surface area contributed by atoms with E-state index < -0.39 is 6.03 Å². The van der Waals surface area contributed by atoms with E-state index in [4.69, 9.17) is 15.2 Å². The summed E-state index contributed by atoms with van der Waals surface area (Å²) in [6, 6.07) is 2.98. The third-order valence-electron chi connectivity index (χ3n) is 2.07. The van der Waals surface area contributed by atoms with Crippen molar-refractivity contribution in [2.24, 2.45) is 10.8 Å². The monoisotopic (exact) mass is 391 g/mol. The molecule has 0 fully saturated rings. The smallest absolute Gasteiger partial charge is 0.332 e. The molecule has 0 unspecified atom stereocenters. The first-order valence-electron chi connectivity index (χ1n) is 6.15. The van der Waals surface area contributed by atoms with E-state index in [-0.39, 0.29) is 6.10 Å². The van der Waals surface area contributed by atoms with E-state index in [9.17, 15) is 4.79 Å². The van der Waals surface area contributed by atoms with Crippen molar-refractivity contribution in [3.05, 3.63) is 21.3 Å². The number of hydrogen-bond acceptors (Lipinski definition) is 4. The van der Waals surface area contributed by atoms with Crippen LogP contribution in [-0.2, 0) is 0 Å². The number of ether oxygens (including phenoxy) is 2. The Bertz CT molecular complexity index is 504. The van der Waals surface area contributed by atoms with Crippen LogP contribution in [0.1, 0.15) is 26.3 Å². The molecule has 0 aromatic heterocycles. The van der Waals surface area contributed by atoms with Crippen LogP contribution in [0.3, 0.4) is 0 Å². The van der Waals surface area contributed by atoms with Gasteiger partial charge < -0.3 is 15.2 Å². The van der Waals surface area contributed by atoms with Crippen LogP contribution >= 0.6 is 22.6 Å². The lowest BCUT2D eigenvalue weighted by atomic mass is 10.2. The predicted octanol–water partition coefficient (Wildman–Crippen LogP) is 2.48. The molecule has 6 nitrogen and oxygen atoms in total. The van der Waals surface area contributed by atoms with Gasteiger partial charge in [0.15, 0.2) is 11.5 Å². The maximum absolute atomic E-state index is 10.6.